The zero-order chi connectivity index (χ0) is 7.44. The van der Waals surface area contributed by atoms with Gasteiger partial charge in [0.1, 0.15) is 0 Å². The van der Waals surface area contributed by atoms with E-state index < -0.39 is 11.3 Å². The third-order valence-electron chi connectivity index (χ3n) is 0.674. The lowest BCUT2D eigenvalue weighted by Crippen LogP contribution is -2.40. The van der Waals surface area contributed by atoms with Crippen molar-refractivity contribution in [2.45, 2.75) is 19.9 Å². The van der Waals surface area contributed by atoms with Gasteiger partial charge in [0, 0.05) is 13.1 Å². The molecule has 0 heterocycles. The van der Waals surface area contributed by atoms with E-state index in [1.807, 2.05) is 13.8 Å². The second kappa shape index (κ2) is 3.94. The molecule has 1 atom stereocenters. The minimum atomic E-state index is -1.91. The summed E-state index contributed by atoms with van der Waals surface area (Å²) in [5.74, 6) is 0. The van der Waals surface area contributed by atoms with Crippen LogP contribution in [-0.2, 0) is 11.3 Å². The highest BCUT2D eigenvalue weighted by Gasteiger charge is 2.03. The van der Waals surface area contributed by atoms with Crippen molar-refractivity contribution in [1.82, 2.24) is 9.84 Å². The van der Waals surface area contributed by atoms with Crippen molar-refractivity contribution in [3.8, 4) is 0 Å². The third kappa shape index (κ3) is 4.53. The molecular formula is C4H12N2O2S. The number of hydrazine groups is 1. The van der Waals surface area contributed by atoms with Crippen LogP contribution >= 0.6 is 0 Å². The lowest BCUT2D eigenvalue weighted by molar-refractivity contribution is 0.325. The first-order valence-electron chi connectivity index (χ1n) is 2.65. The SMILES string of the molecule is CC(C)NN(C)S(=O)O. The molecule has 0 spiro atoms. The van der Waals surface area contributed by atoms with Gasteiger partial charge < -0.3 is 0 Å². The first-order chi connectivity index (χ1) is 4.04. The molecule has 0 aliphatic rings. The fourth-order valence-electron chi connectivity index (χ4n) is 0.409. The summed E-state index contributed by atoms with van der Waals surface area (Å²) in [6.07, 6.45) is 0. The van der Waals surface area contributed by atoms with E-state index in [0.29, 0.717) is 0 Å². The van der Waals surface area contributed by atoms with E-state index >= 15 is 0 Å². The fraction of sp³-hybridized carbons (Fsp3) is 1.00. The van der Waals surface area contributed by atoms with Gasteiger partial charge in [-0.15, -0.1) is 4.41 Å². The zero-order valence-corrected chi connectivity index (χ0v) is 6.60. The van der Waals surface area contributed by atoms with Gasteiger partial charge in [0.05, 0.1) is 0 Å². The van der Waals surface area contributed by atoms with Crippen molar-refractivity contribution in [3.63, 3.8) is 0 Å². The molecular weight excluding hydrogens is 140 g/mol. The van der Waals surface area contributed by atoms with E-state index in [4.69, 9.17) is 4.55 Å². The largest absolute Gasteiger partial charge is 0.293 e. The highest BCUT2D eigenvalue weighted by Crippen LogP contribution is 1.83. The molecule has 0 saturated carbocycles. The van der Waals surface area contributed by atoms with E-state index in [-0.39, 0.29) is 6.04 Å². The number of rotatable bonds is 3. The van der Waals surface area contributed by atoms with Gasteiger partial charge in [0.15, 0.2) is 0 Å². The molecule has 1 unspecified atom stereocenters. The van der Waals surface area contributed by atoms with Crippen LogP contribution in [0.4, 0.5) is 0 Å². The van der Waals surface area contributed by atoms with Gasteiger partial charge in [-0.3, -0.25) is 4.55 Å². The molecule has 0 radical (unpaired) electrons. The van der Waals surface area contributed by atoms with Crippen molar-refractivity contribution >= 4 is 11.3 Å². The summed E-state index contributed by atoms with van der Waals surface area (Å²) in [6.45, 7) is 3.78. The van der Waals surface area contributed by atoms with E-state index in [1.165, 1.54) is 7.05 Å². The van der Waals surface area contributed by atoms with Gasteiger partial charge in [0.25, 0.3) is 0 Å². The Hall–Kier alpha value is 0.0300. The normalized spacial score (nSPS) is 14.9. The van der Waals surface area contributed by atoms with Crippen LogP contribution in [0, 0.1) is 0 Å². The summed E-state index contributed by atoms with van der Waals surface area (Å²) in [4.78, 5) is 0. The molecule has 0 saturated heterocycles. The molecule has 56 valence electrons. The van der Waals surface area contributed by atoms with Crippen LogP contribution in [0.15, 0.2) is 0 Å². The first kappa shape index (κ1) is 9.03. The third-order valence-corrected chi connectivity index (χ3v) is 1.25. The van der Waals surface area contributed by atoms with Crippen LogP contribution in [0.5, 0.6) is 0 Å². The number of hydrogen-bond donors (Lipinski definition) is 2. The average molecular weight is 152 g/mol. The molecule has 5 heteroatoms. The summed E-state index contributed by atoms with van der Waals surface area (Å²) in [7, 11) is 1.51. The van der Waals surface area contributed by atoms with E-state index in [1.54, 1.807) is 0 Å². The summed E-state index contributed by atoms with van der Waals surface area (Å²) >= 11 is -1.91. The molecule has 0 aromatic rings. The molecule has 0 bridgehead atoms. The highest BCUT2D eigenvalue weighted by molar-refractivity contribution is 7.76. The molecule has 4 nitrogen and oxygen atoms in total. The molecule has 9 heavy (non-hydrogen) atoms. The summed E-state index contributed by atoms with van der Waals surface area (Å²) in [6, 6.07) is 0.186. The Morgan fingerprint density at radius 1 is 1.67 bits per heavy atom. The van der Waals surface area contributed by atoms with Crippen molar-refractivity contribution in [2.24, 2.45) is 0 Å². The minimum absolute atomic E-state index is 0.186. The summed E-state index contributed by atoms with van der Waals surface area (Å²) in [5.41, 5.74) is 2.73. The topological polar surface area (TPSA) is 52.6 Å². The number of nitrogens with zero attached hydrogens (tertiary/aromatic N) is 1. The second-order valence-corrected chi connectivity index (χ2v) is 3.02. The Morgan fingerprint density at radius 2 is 2.11 bits per heavy atom. The standard InChI is InChI=1S/C4H12N2O2S/c1-4(2)5-6(3)9(7)8/h4-5H,1-3H3,(H,7,8). The monoisotopic (exact) mass is 152 g/mol. The first-order valence-corrected chi connectivity index (χ1v) is 3.71. The Bertz CT molecular complexity index is 107. The minimum Gasteiger partial charge on any atom is -0.293 e. The van der Waals surface area contributed by atoms with Gasteiger partial charge in [-0.25, -0.2) is 9.63 Å². The van der Waals surface area contributed by atoms with Gasteiger partial charge in [-0.2, -0.15) is 0 Å². The Morgan fingerprint density at radius 3 is 2.22 bits per heavy atom. The fourth-order valence-corrected chi connectivity index (χ4v) is 0.710. The average Bonchev–Trinajstić information content (AvgIpc) is 1.63. The van der Waals surface area contributed by atoms with Gasteiger partial charge in [-0.05, 0) is 13.8 Å². The van der Waals surface area contributed by atoms with Crippen LogP contribution in [0.25, 0.3) is 0 Å². The summed E-state index contributed by atoms with van der Waals surface area (Å²) in [5, 5.41) is 0. The van der Waals surface area contributed by atoms with Crippen LogP contribution in [0.1, 0.15) is 13.8 Å². The van der Waals surface area contributed by atoms with Crippen molar-refractivity contribution in [2.75, 3.05) is 7.05 Å². The maximum Gasteiger partial charge on any atom is 0.248 e. The van der Waals surface area contributed by atoms with Gasteiger partial charge in [-0.1, -0.05) is 0 Å². The molecule has 0 fully saturated rings. The van der Waals surface area contributed by atoms with Crippen LogP contribution < -0.4 is 5.43 Å². The molecule has 0 amide bonds. The summed E-state index contributed by atoms with van der Waals surface area (Å²) < 4.78 is 19.8. The quantitative estimate of drug-likeness (QED) is 0.441. The predicted octanol–water partition coefficient (Wildman–Crippen LogP) is -0.0321. The molecule has 0 aliphatic carbocycles. The Balaban J connectivity index is 3.50. The number of hydrogen-bond acceptors (Lipinski definition) is 2. The number of nitrogens with one attached hydrogen (secondary N) is 1. The molecule has 2 N–H and O–H groups in total. The van der Waals surface area contributed by atoms with E-state index in [0.717, 1.165) is 4.41 Å². The Labute approximate surface area is 57.6 Å². The van der Waals surface area contributed by atoms with E-state index in [2.05, 4.69) is 5.43 Å². The van der Waals surface area contributed by atoms with Crippen LogP contribution in [-0.4, -0.2) is 26.3 Å². The Kier molecular flexibility index (Phi) is 3.96. The predicted molar refractivity (Wildman–Crippen MR) is 36.8 cm³/mol. The maximum absolute atomic E-state index is 10.2. The van der Waals surface area contributed by atoms with E-state index in [9.17, 15) is 4.21 Å². The highest BCUT2D eigenvalue weighted by atomic mass is 32.2. The molecule has 0 aromatic carbocycles. The molecule has 0 rings (SSSR count). The van der Waals surface area contributed by atoms with Crippen molar-refractivity contribution in [3.05, 3.63) is 0 Å². The lowest BCUT2D eigenvalue weighted by atomic mass is 10.4. The second-order valence-electron chi connectivity index (χ2n) is 2.01. The van der Waals surface area contributed by atoms with Gasteiger partial charge >= 0.3 is 0 Å². The van der Waals surface area contributed by atoms with Crippen molar-refractivity contribution in [1.29, 1.82) is 0 Å². The smallest absolute Gasteiger partial charge is 0.248 e. The zero-order valence-electron chi connectivity index (χ0n) is 5.79. The molecule has 0 aliphatic heterocycles. The molecule has 0 aromatic heterocycles. The lowest BCUT2D eigenvalue weighted by Gasteiger charge is -2.15. The van der Waals surface area contributed by atoms with Crippen molar-refractivity contribution < 1.29 is 8.76 Å². The van der Waals surface area contributed by atoms with Crippen LogP contribution in [0.3, 0.4) is 0 Å². The van der Waals surface area contributed by atoms with Crippen LogP contribution in [0.2, 0.25) is 0 Å². The van der Waals surface area contributed by atoms with Gasteiger partial charge in [0.2, 0.25) is 11.3 Å². The maximum atomic E-state index is 10.2.